The molecule has 0 unspecified atom stereocenters. The number of carbonyl (C=O) groups excluding carboxylic acids is 2. The van der Waals surface area contributed by atoms with Gasteiger partial charge in [-0.3, -0.25) is 9.59 Å². The number of amides is 2. The van der Waals surface area contributed by atoms with E-state index in [9.17, 15) is 18.4 Å². The molecule has 170 valence electrons. The Morgan fingerprint density at radius 3 is 2.28 bits per heavy atom. The average Bonchev–Trinajstić information content (AvgIpc) is 3.35. The third-order valence-electron chi connectivity index (χ3n) is 5.95. The predicted molar refractivity (Wildman–Crippen MR) is 121 cm³/mol. The summed E-state index contributed by atoms with van der Waals surface area (Å²) >= 11 is 1.56. The number of rotatable bonds is 9. The van der Waals surface area contributed by atoms with E-state index in [2.05, 4.69) is 10.6 Å². The fraction of sp³-hybridized carbons (Fsp3) is 0.417. The lowest BCUT2D eigenvalue weighted by Gasteiger charge is -2.24. The maximum Gasteiger partial charge on any atom is 0.251 e. The Bertz CT molecular complexity index is 933. The second-order valence-corrected chi connectivity index (χ2v) is 9.32. The molecular weight excluding hydrogens is 432 g/mol. The summed E-state index contributed by atoms with van der Waals surface area (Å²) in [6.07, 6.45) is 2.96. The van der Waals surface area contributed by atoms with Gasteiger partial charge in [0, 0.05) is 42.2 Å². The Balaban J connectivity index is 1.28. The van der Waals surface area contributed by atoms with Crippen molar-refractivity contribution in [2.24, 2.45) is 0 Å². The zero-order valence-electron chi connectivity index (χ0n) is 17.7. The van der Waals surface area contributed by atoms with Crippen LogP contribution in [0.1, 0.15) is 41.1 Å². The summed E-state index contributed by atoms with van der Waals surface area (Å²) in [7, 11) is 0. The van der Waals surface area contributed by atoms with Gasteiger partial charge in [-0.05, 0) is 61.2 Å². The van der Waals surface area contributed by atoms with E-state index in [4.69, 9.17) is 0 Å². The fourth-order valence-corrected chi connectivity index (χ4v) is 4.93. The van der Waals surface area contributed by atoms with Crippen LogP contribution in [0.2, 0.25) is 0 Å². The van der Waals surface area contributed by atoms with Crippen LogP contribution in [-0.4, -0.2) is 53.5 Å². The summed E-state index contributed by atoms with van der Waals surface area (Å²) in [5.41, 5.74) is 1.46. The van der Waals surface area contributed by atoms with Gasteiger partial charge >= 0.3 is 0 Å². The highest BCUT2D eigenvalue weighted by atomic mass is 32.2. The Labute approximate surface area is 190 Å². The molecular formula is C24H27F2N3O2S. The van der Waals surface area contributed by atoms with Gasteiger partial charge in [-0.15, -0.1) is 11.8 Å². The number of thioether (sulfide) groups is 1. The molecule has 1 saturated heterocycles. The molecule has 2 aliphatic rings. The van der Waals surface area contributed by atoms with Gasteiger partial charge in [0.1, 0.15) is 17.7 Å². The number of carbonyl (C=O) groups is 2. The molecule has 3 atom stereocenters. The van der Waals surface area contributed by atoms with Crippen LogP contribution in [0.15, 0.2) is 48.5 Å². The van der Waals surface area contributed by atoms with Crippen molar-refractivity contribution in [2.75, 3.05) is 24.7 Å². The molecule has 0 spiro atoms. The third-order valence-corrected chi connectivity index (χ3v) is 6.89. The zero-order valence-corrected chi connectivity index (χ0v) is 18.5. The molecule has 32 heavy (non-hydrogen) atoms. The molecule has 1 saturated carbocycles. The van der Waals surface area contributed by atoms with E-state index in [-0.39, 0.29) is 17.6 Å². The van der Waals surface area contributed by atoms with Crippen molar-refractivity contribution >= 4 is 23.6 Å². The van der Waals surface area contributed by atoms with Gasteiger partial charge in [0.15, 0.2) is 0 Å². The van der Waals surface area contributed by atoms with Crippen molar-refractivity contribution in [1.29, 1.82) is 0 Å². The minimum Gasteiger partial charge on any atom is -0.341 e. The second-order valence-electron chi connectivity index (χ2n) is 8.28. The molecule has 1 aliphatic heterocycles. The quantitative estimate of drug-likeness (QED) is 0.445. The second kappa shape index (κ2) is 10.4. The Morgan fingerprint density at radius 1 is 1.00 bits per heavy atom. The highest BCUT2D eigenvalue weighted by Crippen LogP contribution is 2.40. The topological polar surface area (TPSA) is 61.4 Å². The number of likely N-dealkylation sites (tertiary alicyclic amines) is 1. The number of nitrogens with zero attached hydrogens (tertiary/aromatic N) is 1. The van der Waals surface area contributed by atoms with Crippen LogP contribution in [0.4, 0.5) is 8.78 Å². The van der Waals surface area contributed by atoms with Crippen LogP contribution in [0, 0.1) is 11.6 Å². The number of hydrogen-bond acceptors (Lipinski definition) is 4. The van der Waals surface area contributed by atoms with Gasteiger partial charge in [0.05, 0.1) is 0 Å². The molecule has 1 aliphatic carbocycles. The molecule has 8 heteroatoms. The van der Waals surface area contributed by atoms with Gasteiger partial charge in [-0.25, -0.2) is 8.78 Å². The molecule has 2 aromatic carbocycles. The van der Waals surface area contributed by atoms with Crippen molar-refractivity contribution in [1.82, 2.24) is 15.5 Å². The molecule has 2 N–H and O–H groups in total. The predicted octanol–water partition coefficient (Wildman–Crippen LogP) is 3.52. The average molecular weight is 460 g/mol. The highest BCUT2D eigenvalue weighted by molar-refractivity contribution is 7.99. The molecule has 2 aromatic rings. The van der Waals surface area contributed by atoms with E-state index in [1.807, 2.05) is 12.1 Å². The lowest BCUT2D eigenvalue weighted by atomic mass is 10.1. The first-order valence-electron chi connectivity index (χ1n) is 10.9. The van der Waals surface area contributed by atoms with Gasteiger partial charge < -0.3 is 15.5 Å². The smallest absolute Gasteiger partial charge is 0.251 e. The van der Waals surface area contributed by atoms with Crippen molar-refractivity contribution < 1.29 is 18.4 Å². The summed E-state index contributed by atoms with van der Waals surface area (Å²) in [4.78, 5) is 27.4. The standard InChI is InChI=1S/C24H27F2N3O2S/c25-18-7-3-16(4-8-18)20-13-21(20)27-15-32-14-22(24(31)29-11-1-2-12-29)28-23(30)17-5-9-19(26)10-6-17/h3-10,20-22,27H,1-2,11-15H2,(H,28,30)/t20-,21+,22-/m0/s1. The van der Waals surface area contributed by atoms with Crippen LogP contribution in [-0.2, 0) is 4.79 Å². The van der Waals surface area contributed by atoms with Crippen LogP contribution in [0.3, 0.4) is 0 Å². The molecule has 1 heterocycles. The van der Waals surface area contributed by atoms with E-state index in [0.717, 1.165) is 24.8 Å². The SMILES string of the molecule is O=C(N[C@@H](CSCN[C@@H]1C[C@H]1c1ccc(F)cc1)C(=O)N1CCCC1)c1ccc(F)cc1. The highest BCUT2D eigenvalue weighted by Gasteiger charge is 2.37. The Hall–Kier alpha value is -2.45. The first-order chi connectivity index (χ1) is 15.5. The molecule has 5 nitrogen and oxygen atoms in total. The third kappa shape index (κ3) is 5.86. The number of hydrogen-bond donors (Lipinski definition) is 2. The summed E-state index contributed by atoms with van der Waals surface area (Å²) in [6.45, 7) is 1.43. The van der Waals surface area contributed by atoms with E-state index in [1.54, 1.807) is 16.7 Å². The maximum absolute atomic E-state index is 13.2. The van der Waals surface area contributed by atoms with Gasteiger partial charge in [-0.1, -0.05) is 12.1 Å². The monoisotopic (exact) mass is 459 g/mol. The Kier molecular flexibility index (Phi) is 7.42. The maximum atomic E-state index is 13.2. The largest absolute Gasteiger partial charge is 0.341 e. The minimum absolute atomic E-state index is 0.0685. The first-order valence-corrected chi connectivity index (χ1v) is 12.1. The van der Waals surface area contributed by atoms with E-state index >= 15 is 0 Å². The van der Waals surface area contributed by atoms with Crippen molar-refractivity contribution in [3.8, 4) is 0 Å². The molecule has 0 radical (unpaired) electrons. The van der Waals surface area contributed by atoms with Gasteiger partial charge in [0.2, 0.25) is 5.91 Å². The normalized spacial score (nSPS) is 20.8. The summed E-state index contributed by atoms with van der Waals surface area (Å²) < 4.78 is 26.2. The molecule has 0 bridgehead atoms. The fourth-order valence-electron chi connectivity index (χ4n) is 4.02. The molecule has 0 aromatic heterocycles. The molecule has 4 rings (SSSR count). The van der Waals surface area contributed by atoms with Crippen LogP contribution in [0.25, 0.3) is 0 Å². The van der Waals surface area contributed by atoms with Crippen molar-refractivity contribution in [3.05, 3.63) is 71.3 Å². The van der Waals surface area contributed by atoms with E-state index < -0.39 is 11.9 Å². The summed E-state index contributed by atoms with van der Waals surface area (Å²) in [6, 6.07) is 11.6. The minimum atomic E-state index is -0.635. The lowest BCUT2D eigenvalue weighted by molar-refractivity contribution is -0.131. The number of halogens is 2. The summed E-state index contributed by atoms with van der Waals surface area (Å²) in [5.74, 6) is 0.395. The van der Waals surface area contributed by atoms with E-state index in [1.165, 1.54) is 36.4 Å². The van der Waals surface area contributed by atoms with Gasteiger partial charge in [-0.2, -0.15) is 0 Å². The Morgan fingerprint density at radius 2 is 1.62 bits per heavy atom. The van der Waals surface area contributed by atoms with Crippen LogP contribution in [0.5, 0.6) is 0 Å². The number of benzene rings is 2. The number of nitrogens with one attached hydrogen (secondary N) is 2. The first kappa shape index (κ1) is 22.7. The lowest BCUT2D eigenvalue weighted by Crippen LogP contribution is -2.49. The van der Waals surface area contributed by atoms with Gasteiger partial charge in [0.25, 0.3) is 5.91 Å². The van der Waals surface area contributed by atoms with Crippen LogP contribution >= 0.6 is 11.8 Å². The van der Waals surface area contributed by atoms with E-state index in [0.29, 0.717) is 42.2 Å². The zero-order chi connectivity index (χ0) is 22.5. The molecule has 2 fully saturated rings. The van der Waals surface area contributed by atoms with Crippen molar-refractivity contribution in [2.45, 2.75) is 37.3 Å². The van der Waals surface area contributed by atoms with Crippen molar-refractivity contribution in [3.63, 3.8) is 0 Å². The molecule has 2 amide bonds. The van der Waals surface area contributed by atoms with Crippen LogP contribution < -0.4 is 10.6 Å². The summed E-state index contributed by atoms with van der Waals surface area (Å²) in [5, 5.41) is 6.30.